The fraction of sp³-hybridized carbons (Fsp3) is 0.353. The Balaban J connectivity index is 1.76. The van der Waals surface area contributed by atoms with E-state index in [0.717, 1.165) is 5.69 Å². The Labute approximate surface area is 139 Å². The van der Waals surface area contributed by atoms with Crippen LogP contribution in [0.4, 0.5) is 4.39 Å². The zero-order valence-electron chi connectivity index (χ0n) is 13.4. The molecule has 2 amide bonds. The minimum atomic E-state index is -0.380. The van der Waals surface area contributed by atoms with Crippen LogP contribution < -0.4 is 5.32 Å². The lowest BCUT2D eigenvalue weighted by Crippen LogP contribution is -2.43. The number of rotatable bonds is 4. The molecule has 126 valence electrons. The number of halogens is 1. The van der Waals surface area contributed by atoms with Gasteiger partial charge in [-0.15, -0.1) is 0 Å². The summed E-state index contributed by atoms with van der Waals surface area (Å²) < 4.78 is 15.6. The third-order valence-electron chi connectivity index (χ3n) is 4.23. The van der Waals surface area contributed by atoms with Crippen molar-refractivity contribution in [2.45, 2.75) is 25.4 Å². The van der Waals surface area contributed by atoms with Gasteiger partial charge in [-0.1, -0.05) is 18.2 Å². The van der Waals surface area contributed by atoms with Gasteiger partial charge in [0.05, 0.1) is 31.1 Å². The number of benzene rings is 1. The molecule has 0 saturated carbocycles. The number of carbonyl (C=O) groups excluding carboxylic acids is 2. The van der Waals surface area contributed by atoms with Crippen molar-refractivity contribution in [2.75, 3.05) is 13.6 Å². The van der Waals surface area contributed by atoms with Crippen LogP contribution in [0.1, 0.15) is 23.7 Å². The number of fused-ring (bicyclic) bond motifs is 1. The summed E-state index contributed by atoms with van der Waals surface area (Å²) in [6.07, 6.45) is 1.92. The standard InChI is InChI=1S/C17H19FN4O2/c1-19-16(23)9-14-11-21(10-13-6-7-20-22(13)14)17(24)8-12-4-2-3-5-15(12)18/h2-7,14H,8-11H2,1H3,(H,19,23). The average molecular weight is 330 g/mol. The van der Waals surface area contributed by atoms with E-state index in [1.807, 2.05) is 6.07 Å². The van der Waals surface area contributed by atoms with Crippen molar-refractivity contribution in [2.24, 2.45) is 0 Å². The summed E-state index contributed by atoms with van der Waals surface area (Å²) >= 11 is 0. The van der Waals surface area contributed by atoms with Crippen molar-refractivity contribution in [3.63, 3.8) is 0 Å². The number of nitrogens with one attached hydrogen (secondary N) is 1. The first kappa shape index (κ1) is 16.2. The molecule has 3 rings (SSSR count). The highest BCUT2D eigenvalue weighted by molar-refractivity contribution is 5.79. The van der Waals surface area contributed by atoms with Gasteiger partial charge in [0.15, 0.2) is 0 Å². The monoisotopic (exact) mass is 330 g/mol. The number of nitrogens with zero attached hydrogens (tertiary/aromatic N) is 3. The maximum absolute atomic E-state index is 13.8. The Bertz CT molecular complexity index is 759. The molecule has 7 heteroatoms. The topological polar surface area (TPSA) is 67.2 Å². The van der Waals surface area contributed by atoms with Crippen LogP contribution in [0.2, 0.25) is 0 Å². The molecule has 1 N–H and O–H groups in total. The highest BCUT2D eigenvalue weighted by Gasteiger charge is 2.29. The molecule has 0 radical (unpaired) electrons. The summed E-state index contributed by atoms with van der Waals surface area (Å²) in [7, 11) is 1.58. The molecule has 1 aromatic heterocycles. The molecule has 1 aromatic carbocycles. The van der Waals surface area contributed by atoms with Crippen molar-refractivity contribution in [3.8, 4) is 0 Å². The van der Waals surface area contributed by atoms with Gasteiger partial charge in [0.2, 0.25) is 11.8 Å². The lowest BCUT2D eigenvalue weighted by Gasteiger charge is -2.33. The van der Waals surface area contributed by atoms with Crippen molar-refractivity contribution in [3.05, 3.63) is 53.6 Å². The zero-order chi connectivity index (χ0) is 17.1. The van der Waals surface area contributed by atoms with Crippen molar-refractivity contribution in [1.82, 2.24) is 20.0 Å². The van der Waals surface area contributed by atoms with E-state index in [0.29, 0.717) is 18.7 Å². The fourth-order valence-corrected chi connectivity index (χ4v) is 2.96. The second-order valence-electron chi connectivity index (χ2n) is 5.84. The van der Waals surface area contributed by atoms with Gasteiger partial charge in [-0.05, 0) is 17.7 Å². The molecule has 1 aliphatic rings. The molecule has 0 bridgehead atoms. The van der Waals surface area contributed by atoms with Crippen LogP contribution in [0.15, 0.2) is 36.5 Å². The fourth-order valence-electron chi connectivity index (χ4n) is 2.96. The Morgan fingerprint density at radius 3 is 2.88 bits per heavy atom. The molecular formula is C17H19FN4O2. The molecule has 1 aliphatic heterocycles. The van der Waals surface area contributed by atoms with E-state index in [-0.39, 0.29) is 36.5 Å². The summed E-state index contributed by atoms with van der Waals surface area (Å²) in [5.74, 6) is -0.644. The van der Waals surface area contributed by atoms with Gasteiger partial charge in [-0.3, -0.25) is 14.3 Å². The van der Waals surface area contributed by atoms with Crippen LogP contribution in [0.5, 0.6) is 0 Å². The Kier molecular flexibility index (Phi) is 4.59. The molecule has 0 spiro atoms. The summed E-state index contributed by atoms with van der Waals surface area (Å²) in [4.78, 5) is 26.0. The second kappa shape index (κ2) is 6.82. The largest absolute Gasteiger partial charge is 0.359 e. The molecule has 2 aromatic rings. The van der Waals surface area contributed by atoms with Gasteiger partial charge in [-0.25, -0.2) is 4.39 Å². The van der Waals surface area contributed by atoms with E-state index < -0.39 is 0 Å². The van der Waals surface area contributed by atoms with Crippen LogP contribution >= 0.6 is 0 Å². The smallest absolute Gasteiger partial charge is 0.227 e. The Hall–Kier alpha value is -2.70. The van der Waals surface area contributed by atoms with Crippen LogP contribution in [-0.4, -0.2) is 40.1 Å². The third-order valence-corrected chi connectivity index (χ3v) is 4.23. The quantitative estimate of drug-likeness (QED) is 0.918. The molecular weight excluding hydrogens is 311 g/mol. The number of hydrogen-bond donors (Lipinski definition) is 1. The van der Waals surface area contributed by atoms with E-state index in [1.165, 1.54) is 6.07 Å². The number of carbonyl (C=O) groups is 2. The zero-order valence-corrected chi connectivity index (χ0v) is 13.4. The first-order chi connectivity index (χ1) is 11.6. The van der Waals surface area contributed by atoms with E-state index >= 15 is 0 Å². The Morgan fingerprint density at radius 2 is 2.12 bits per heavy atom. The van der Waals surface area contributed by atoms with Crippen LogP contribution in [0.25, 0.3) is 0 Å². The predicted octanol–water partition coefficient (Wildman–Crippen LogP) is 1.28. The molecule has 0 fully saturated rings. The van der Waals surface area contributed by atoms with Gasteiger partial charge in [0.1, 0.15) is 5.82 Å². The minimum Gasteiger partial charge on any atom is -0.359 e. The molecule has 24 heavy (non-hydrogen) atoms. The van der Waals surface area contributed by atoms with Crippen LogP contribution in [-0.2, 0) is 22.6 Å². The SMILES string of the molecule is CNC(=O)CC1CN(C(=O)Cc2ccccc2F)Cc2ccnn21. The minimum absolute atomic E-state index is 0.00745. The van der Waals surface area contributed by atoms with Crippen molar-refractivity contribution >= 4 is 11.8 Å². The average Bonchev–Trinajstić information content (AvgIpc) is 3.05. The predicted molar refractivity (Wildman–Crippen MR) is 85.5 cm³/mol. The maximum Gasteiger partial charge on any atom is 0.227 e. The van der Waals surface area contributed by atoms with Gasteiger partial charge in [0, 0.05) is 19.8 Å². The van der Waals surface area contributed by atoms with E-state index in [2.05, 4.69) is 10.4 Å². The van der Waals surface area contributed by atoms with Crippen LogP contribution in [0.3, 0.4) is 0 Å². The second-order valence-corrected chi connectivity index (χ2v) is 5.84. The molecule has 1 unspecified atom stereocenters. The Morgan fingerprint density at radius 1 is 1.33 bits per heavy atom. The maximum atomic E-state index is 13.8. The highest BCUT2D eigenvalue weighted by atomic mass is 19.1. The molecule has 1 atom stereocenters. The van der Waals surface area contributed by atoms with E-state index in [1.54, 1.807) is 41.0 Å². The van der Waals surface area contributed by atoms with Crippen LogP contribution in [0, 0.1) is 5.82 Å². The number of hydrogen-bond acceptors (Lipinski definition) is 3. The lowest BCUT2D eigenvalue weighted by atomic mass is 10.1. The highest BCUT2D eigenvalue weighted by Crippen LogP contribution is 2.23. The molecule has 2 heterocycles. The summed E-state index contributed by atoms with van der Waals surface area (Å²) in [6, 6.07) is 7.90. The summed E-state index contributed by atoms with van der Waals surface area (Å²) in [5.41, 5.74) is 1.25. The first-order valence-corrected chi connectivity index (χ1v) is 7.82. The molecule has 6 nitrogen and oxygen atoms in total. The first-order valence-electron chi connectivity index (χ1n) is 7.82. The van der Waals surface area contributed by atoms with Crippen molar-refractivity contribution in [1.29, 1.82) is 0 Å². The van der Waals surface area contributed by atoms with Crippen molar-refractivity contribution < 1.29 is 14.0 Å². The third kappa shape index (κ3) is 3.29. The summed E-state index contributed by atoms with van der Waals surface area (Å²) in [5, 5.41) is 6.85. The van der Waals surface area contributed by atoms with Gasteiger partial charge >= 0.3 is 0 Å². The van der Waals surface area contributed by atoms with Gasteiger partial charge in [-0.2, -0.15) is 5.10 Å². The molecule has 0 aliphatic carbocycles. The molecule has 0 saturated heterocycles. The number of aromatic nitrogens is 2. The van der Waals surface area contributed by atoms with Gasteiger partial charge < -0.3 is 10.2 Å². The normalized spacial score (nSPS) is 16.6. The number of amides is 2. The van der Waals surface area contributed by atoms with E-state index in [9.17, 15) is 14.0 Å². The van der Waals surface area contributed by atoms with Gasteiger partial charge in [0.25, 0.3) is 0 Å². The lowest BCUT2D eigenvalue weighted by molar-refractivity contribution is -0.133. The van der Waals surface area contributed by atoms with E-state index in [4.69, 9.17) is 0 Å². The summed E-state index contributed by atoms with van der Waals surface area (Å²) in [6.45, 7) is 0.799.